The maximum absolute atomic E-state index is 13.0. The Labute approximate surface area is 164 Å². The van der Waals surface area contributed by atoms with Crippen molar-refractivity contribution in [1.29, 1.82) is 5.26 Å². The van der Waals surface area contributed by atoms with Crippen molar-refractivity contribution in [2.45, 2.75) is 26.9 Å². The number of nitrogens with zero attached hydrogens (tertiary/aromatic N) is 4. The summed E-state index contributed by atoms with van der Waals surface area (Å²) in [5.41, 5.74) is -1.04. The van der Waals surface area contributed by atoms with E-state index >= 15 is 0 Å². The molecule has 2 heterocycles. The van der Waals surface area contributed by atoms with Crippen molar-refractivity contribution in [3.63, 3.8) is 0 Å². The third-order valence-electron chi connectivity index (χ3n) is 4.47. The van der Waals surface area contributed by atoms with Crippen LogP contribution in [-0.4, -0.2) is 32.8 Å². The first kappa shape index (κ1) is 19.9. The third-order valence-corrected chi connectivity index (χ3v) is 4.47. The fraction of sp³-hybridized carbons (Fsp3) is 0.316. The van der Waals surface area contributed by atoms with Gasteiger partial charge in [-0.15, -0.1) is 0 Å². The number of hydrogen-bond donors (Lipinski definition) is 1. The minimum atomic E-state index is -0.688. The van der Waals surface area contributed by atoms with E-state index in [2.05, 4.69) is 9.97 Å². The van der Waals surface area contributed by atoms with Gasteiger partial charge >= 0.3 is 11.4 Å². The third kappa shape index (κ3) is 3.38. The van der Waals surface area contributed by atoms with Crippen LogP contribution in [0.25, 0.3) is 22.3 Å². The number of methoxy groups -OCH3 is 1. The summed E-state index contributed by atoms with van der Waals surface area (Å²) in [6.45, 7) is 3.69. The molecule has 2 aromatic heterocycles. The van der Waals surface area contributed by atoms with Gasteiger partial charge in [0.1, 0.15) is 11.5 Å². The van der Waals surface area contributed by atoms with Crippen LogP contribution in [0.1, 0.15) is 13.8 Å². The highest BCUT2D eigenvalue weighted by molar-refractivity contribution is 5.90. The molecule has 0 saturated heterocycles. The first-order valence-electron chi connectivity index (χ1n) is 8.92. The van der Waals surface area contributed by atoms with Crippen molar-refractivity contribution in [3.8, 4) is 28.8 Å². The van der Waals surface area contributed by atoms with Gasteiger partial charge in [-0.05, 0) is 32.0 Å². The first-order valence-corrected chi connectivity index (χ1v) is 8.92. The number of nitrogens with one attached hydrogen (secondary N) is 1. The molecule has 3 rings (SSSR count). The zero-order valence-corrected chi connectivity index (χ0v) is 16.2. The van der Waals surface area contributed by atoms with Crippen LogP contribution in [0.15, 0.2) is 32.6 Å². The Morgan fingerprint density at radius 1 is 1.14 bits per heavy atom. The van der Waals surface area contributed by atoms with Gasteiger partial charge in [-0.2, -0.15) is 10.2 Å². The monoisotopic (exact) mass is 397 g/mol. The van der Waals surface area contributed by atoms with E-state index in [9.17, 15) is 14.4 Å². The molecule has 1 N–H and O–H groups in total. The summed E-state index contributed by atoms with van der Waals surface area (Å²) >= 11 is 0. The van der Waals surface area contributed by atoms with Gasteiger partial charge in [-0.25, -0.2) is 9.59 Å². The van der Waals surface area contributed by atoms with Crippen molar-refractivity contribution in [2.75, 3.05) is 13.7 Å². The lowest BCUT2D eigenvalue weighted by molar-refractivity contribution is 0.330. The summed E-state index contributed by atoms with van der Waals surface area (Å²) in [6.07, 6.45) is 0. The molecule has 0 aliphatic heterocycles. The Kier molecular flexibility index (Phi) is 5.50. The molecule has 150 valence electrons. The van der Waals surface area contributed by atoms with E-state index in [4.69, 9.17) is 14.7 Å². The summed E-state index contributed by atoms with van der Waals surface area (Å²) < 4.78 is 13.0. The van der Waals surface area contributed by atoms with E-state index in [1.807, 2.05) is 6.07 Å². The molecule has 10 nitrogen and oxygen atoms in total. The molecule has 0 spiro atoms. The number of hydrogen-bond acceptors (Lipinski definition) is 7. The standard InChI is InChI=1S/C19H19N5O5/c1-4-23-16-14(17(25)24(5-2)19(23)27)15(21-18(26)22-16)11-6-7-12(29-9-8-20)13(10-11)28-3/h6-7,10H,4-5,9H2,1-3H3,(H,21,22,26). The number of H-pyrrole nitrogens is 1. The number of aromatic nitrogens is 4. The number of aromatic amines is 1. The van der Waals surface area contributed by atoms with Crippen molar-refractivity contribution < 1.29 is 9.47 Å². The van der Waals surface area contributed by atoms with Gasteiger partial charge in [-0.3, -0.25) is 13.9 Å². The number of benzene rings is 1. The van der Waals surface area contributed by atoms with Gasteiger partial charge in [0.2, 0.25) is 0 Å². The summed E-state index contributed by atoms with van der Waals surface area (Å²) in [5, 5.41) is 8.82. The highest BCUT2D eigenvalue weighted by Crippen LogP contribution is 2.33. The molecule has 0 aliphatic rings. The normalized spacial score (nSPS) is 10.7. The Bertz CT molecular complexity index is 1300. The predicted molar refractivity (Wildman–Crippen MR) is 105 cm³/mol. The van der Waals surface area contributed by atoms with Gasteiger partial charge in [0.05, 0.1) is 12.8 Å². The molecule has 0 atom stereocenters. The van der Waals surface area contributed by atoms with Crippen LogP contribution >= 0.6 is 0 Å². The molecule has 1 aromatic carbocycles. The zero-order valence-electron chi connectivity index (χ0n) is 16.2. The molecule has 29 heavy (non-hydrogen) atoms. The number of fused-ring (bicyclic) bond motifs is 1. The van der Waals surface area contributed by atoms with Crippen LogP contribution in [0.2, 0.25) is 0 Å². The highest BCUT2D eigenvalue weighted by atomic mass is 16.5. The van der Waals surface area contributed by atoms with Crippen LogP contribution in [0.4, 0.5) is 0 Å². The van der Waals surface area contributed by atoms with Gasteiger partial charge in [0.15, 0.2) is 23.8 Å². The van der Waals surface area contributed by atoms with Gasteiger partial charge in [-0.1, -0.05) is 0 Å². The molecule has 0 radical (unpaired) electrons. The highest BCUT2D eigenvalue weighted by Gasteiger charge is 2.19. The fourth-order valence-corrected chi connectivity index (χ4v) is 3.15. The number of aryl methyl sites for hydroxylation is 1. The van der Waals surface area contributed by atoms with Crippen molar-refractivity contribution in [1.82, 2.24) is 19.1 Å². The van der Waals surface area contributed by atoms with E-state index < -0.39 is 16.9 Å². The second-order valence-electron chi connectivity index (χ2n) is 6.00. The average molecular weight is 397 g/mol. The maximum atomic E-state index is 13.0. The minimum Gasteiger partial charge on any atom is -0.493 e. The van der Waals surface area contributed by atoms with Gasteiger partial charge in [0, 0.05) is 18.7 Å². The van der Waals surface area contributed by atoms with Crippen LogP contribution < -0.4 is 26.4 Å². The zero-order chi connectivity index (χ0) is 21.1. The molecule has 0 amide bonds. The molecule has 0 saturated carbocycles. The van der Waals surface area contributed by atoms with Crippen LogP contribution in [0.3, 0.4) is 0 Å². The minimum absolute atomic E-state index is 0.0229. The van der Waals surface area contributed by atoms with Crippen molar-refractivity contribution in [2.24, 2.45) is 0 Å². The molecule has 10 heteroatoms. The second-order valence-corrected chi connectivity index (χ2v) is 6.00. The maximum Gasteiger partial charge on any atom is 0.347 e. The molecular weight excluding hydrogens is 378 g/mol. The molecule has 0 fully saturated rings. The van der Waals surface area contributed by atoms with E-state index in [1.165, 1.54) is 11.7 Å². The number of ether oxygens (including phenoxy) is 2. The van der Waals surface area contributed by atoms with Crippen molar-refractivity contribution >= 4 is 11.0 Å². The summed E-state index contributed by atoms with van der Waals surface area (Å²) in [4.78, 5) is 44.3. The Balaban J connectivity index is 2.39. The smallest absolute Gasteiger partial charge is 0.347 e. The lowest BCUT2D eigenvalue weighted by atomic mass is 10.1. The van der Waals surface area contributed by atoms with Crippen LogP contribution in [0.5, 0.6) is 11.5 Å². The average Bonchev–Trinajstić information content (AvgIpc) is 2.72. The lowest BCUT2D eigenvalue weighted by Crippen LogP contribution is -2.41. The van der Waals surface area contributed by atoms with Crippen LogP contribution in [0, 0.1) is 11.3 Å². The first-order chi connectivity index (χ1) is 14.0. The quantitative estimate of drug-likeness (QED) is 0.652. The number of nitriles is 1. The largest absolute Gasteiger partial charge is 0.493 e. The summed E-state index contributed by atoms with van der Waals surface area (Å²) in [6, 6.07) is 6.65. The van der Waals surface area contributed by atoms with E-state index in [-0.39, 0.29) is 36.4 Å². The molecular formula is C19H19N5O5. The Morgan fingerprint density at radius 2 is 1.86 bits per heavy atom. The number of rotatable bonds is 6. The van der Waals surface area contributed by atoms with Crippen LogP contribution in [-0.2, 0) is 13.1 Å². The molecule has 0 bridgehead atoms. The van der Waals surface area contributed by atoms with E-state index in [1.54, 1.807) is 32.0 Å². The Morgan fingerprint density at radius 3 is 2.48 bits per heavy atom. The van der Waals surface area contributed by atoms with Gasteiger partial charge in [0.25, 0.3) is 5.56 Å². The summed E-state index contributed by atoms with van der Waals surface area (Å²) in [7, 11) is 1.44. The lowest BCUT2D eigenvalue weighted by Gasteiger charge is -2.14. The van der Waals surface area contributed by atoms with Gasteiger partial charge < -0.3 is 14.5 Å². The summed E-state index contributed by atoms with van der Waals surface area (Å²) in [5.74, 6) is 0.665. The van der Waals surface area contributed by atoms with E-state index in [0.717, 1.165) is 4.57 Å². The molecule has 0 unspecified atom stereocenters. The predicted octanol–water partition coefficient (Wildman–Crippen LogP) is 0.864. The topological polar surface area (TPSA) is 132 Å². The van der Waals surface area contributed by atoms with E-state index in [0.29, 0.717) is 17.1 Å². The Hall–Kier alpha value is -3.87. The van der Waals surface area contributed by atoms with Crippen molar-refractivity contribution in [3.05, 3.63) is 49.5 Å². The molecule has 3 aromatic rings. The second kappa shape index (κ2) is 8.02. The molecule has 0 aliphatic carbocycles. The fourth-order valence-electron chi connectivity index (χ4n) is 3.15. The SMILES string of the molecule is CCn1c(=O)c2c(-c3ccc(OCC#N)c(OC)c3)[nH]c(=O)nc2n(CC)c1=O.